The van der Waals surface area contributed by atoms with Gasteiger partial charge >= 0.3 is 0 Å². The molecule has 3 nitrogen and oxygen atoms in total. The van der Waals surface area contributed by atoms with Crippen molar-refractivity contribution in [1.82, 2.24) is 10.3 Å². The Labute approximate surface area is 90.9 Å². The molecule has 2 rings (SSSR count). The van der Waals surface area contributed by atoms with Crippen molar-refractivity contribution in [3.8, 4) is 5.75 Å². The van der Waals surface area contributed by atoms with Gasteiger partial charge in [0.2, 0.25) is 0 Å². The Morgan fingerprint density at radius 3 is 3.27 bits per heavy atom. The Bertz CT molecular complexity index is 308. The summed E-state index contributed by atoms with van der Waals surface area (Å²) < 4.78 is 5.19. The highest BCUT2D eigenvalue weighted by atomic mass is 16.5. The third-order valence-corrected chi connectivity index (χ3v) is 2.92. The van der Waals surface area contributed by atoms with E-state index >= 15 is 0 Å². The molecule has 1 aromatic rings. The molecule has 0 bridgehead atoms. The first-order chi connectivity index (χ1) is 7.38. The van der Waals surface area contributed by atoms with E-state index in [1.165, 1.54) is 19.4 Å². The molecular formula is C12H18N2O. The molecule has 1 atom stereocenters. The number of methoxy groups -OCH3 is 1. The van der Waals surface area contributed by atoms with Crippen LogP contribution in [0.3, 0.4) is 0 Å². The van der Waals surface area contributed by atoms with Crippen LogP contribution in [0.1, 0.15) is 18.5 Å². The zero-order chi connectivity index (χ0) is 10.5. The Kier molecular flexibility index (Phi) is 3.56. The standard InChI is InChI=1S/C12H18N2O/c1-15-12-4-6-14-11(8-12)7-10-3-2-5-13-9-10/h4,6,8,10,13H,2-3,5,7,9H2,1H3. The summed E-state index contributed by atoms with van der Waals surface area (Å²) in [6, 6.07) is 3.93. The first-order valence-electron chi connectivity index (χ1n) is 5.58. The van der Waals surface area contributed by atoms with Gasteiger partial charge in [-0.05, 0) is 44.3 Å². The number of nitrogens with zero attached hydrogens (tertiary/aromatic N) is 1. The molecule has 0 aliphatic carbocycles. The molecule has 1 aliphatic heterocycles. The lowest BCUT2D eigenvalue weighted by atomic mass is 9.94. The van der Waals surface area contributed by atoms with Crippen LogP contribution in [-0.4, -0.2) is 25.2 Å². The number of nitrogens with one attached hydrogen (secondary N) is 1. The van der Waals surface area contributed by atoms with Gasteiger partial charge in [-0.2, -0.15) is 0 Å². The predicted molar refractivity (Wildman–Crippen MR) is 60.1 cm³/mol. The van der Waals surface area contributed by atoms with Crippen molar-refractivity contribution in [3.63, 3.8) is 0 Å². The molecule has 1 saturated heterocycles. The highest BCUT2D eigenvalue weighted by Gasteiger charge is 2.14. The third kappa shape index (κ3) is 2.93. The summed E-state index contributed by atoms with van der Waals surface area (Å²) in [6.45, 7) is 2.29. The van der Waals surface area contributed by atoms with E-state index in [-0.39, 0.29) is 0 Å². The Balaban J connectivity index is 1.96. The predicted octanol–water partition coefficient (Wildman–Crippen LogP) is 1.63. The first kappa shape index (κ1) is 10.4. The molecule has 0 spiro atoms. The molecule has 0 amide bonds. The van der Waals surface area contributed by atoms with E-state index in [4.69, 9.17) is 4.74 Å². The number of aromatic nitrogens is 1. The minimum absolute atomic E-state index is 0.735. The molecule has 0 radical (unpaired) electrons. The SMILES string of the molecule is COc1ccnc(CC2CCCNC2)c1. The van der Waals surface area contributed by atoms with Crippen LogP contribution in [0, 0.1) is 5.92 Å². The lowest BCUT2D eigenvalue weighted by Gasteiger charge is -2.22. The van der Waals surface area contributed by atoms with E-state index in [0.29, 0.717) is 0 Å². The molecule has 3 heteroatoms. The maximum atomic E-state index is 5.19. The maximum absolute atomic E-state index is 5.19. The van der Waals surface area contributed by atoms with Gasteiger partial charge in [0.1, 0.15) is 5.75 Å². The average Bonchev–Trinajstić information content (AvgIpc) is 2.31. The largest absolute Gasteiger partial charge is 0.497 e. The minimum atomic E-state index is 0.735. The zero-order valence-corrected chi connectivity index (χ0v) is 9.20. The molecule has 1 N–H and O–H groups in total. The summed E-state index contributed by atoms with van der Waals surface area (Å²) in [4.78, 5) is 4.37. The van der Waals surface area contributed by atoms with Crippen molar-refractivity contribution in [2.75, 3.05) is 20.2 Å². The van der Waals surface area contributed by atoms with Gasteiger partial charge in [-0.25, -0.2) is 0 Å². The van der Waals surface area contributed by atoms with E-state index in [1.54, 1.807) is 7.11 Å². The molecule has 1 aliphatic rings. The van der Waals surface area contributed by atoms with Gasteiger partial charge in [0.15, 0.2) is 0 Å². The molecule has 2 heterocycles. The first-order valence-corrected chi connectivity index (χ1v) is 5.58. The third-order valence-electron chi connectivity index (χ3n) is 2.92. The fraction of sp³-hybridized carbons (Fsp3) is 0.583. The van der Waals surface area contributed by atoms with Crippen LogP contribution in [0.4, 0.5) is 0 Å². The number of hydrogen-bond donors (Lipinski definition) is 1. The quantitative estimate of drug-likeness (QED) is 0.816. The fourth-order valence-corrected chi connectivity index (χ4v) is 2.09. The van der Waals surface area contributed by atoms with Crippen LogP contribution in [-0.2, 0) is 6.42 Å². The lowest BCUT2D eigenvalue weighted by Crippen LogP contribution is -2.31. The average molecular weight is 206 g/mol. The second kappa shape index (κ2) is 5.12. The van der Waals surface area contributed by atoms with Crippen LogP contribution < -0.4 is 10.1 Å². The van der Waals surface area contributed by atoms with Crippen LogP contribution in [0.25, 0.3) is 0 Å². The van der Waals surface area contributed by atoms with Gasteiger partial charge in [-0.3, -0.25) is 4.98 Å². The van der Waals surface area contributed by atoms with Crippen molar-refractivity contribution in [1.29, 1.82) is 0 Å². The Morgan fingerprint density at radius 1 is 1.60 bits per heavy atom. The molecule has 82 valence electrons. The second-order valence-electron chi connectivity index (χ2n) is 4.10. The molecule has 1 unspecified atom stereocenters. The van der Waals surface area contributed by atoms with Gasteiger partial charge in [0, 0.05) is 18.0 Å². The molecule has 0 aromatic carbocycles. The fourth-order valence-electron chi connectivity index (χ4n) is 2.09. The summed E-state index contributed by atoms with van der Waals surface area (Å²) in [5.41, 5.74) is 1.14. The number of rotatable bonds is 3. The number of piperidine rings is 1. The molecule has 15 heavy (non-hydrogen) atoms. The lowest BCUT2D eigenvalue weighted by molar-refractivity contribution is 0.372. The molecule has 1 aromatic heterocycles. The number of ether oxygens (including phenoxy) is 1. The van der Waals surface area contributed by atoms with Crippen molar-refractivity contribution < 1.29 is 4.74 Å². The Morgan fingerprint density at radius 2 is 2.53 bits per heavy atom. The summed E-state index contributed by atoms with van der Waals surface area (Å²) in [5.74, 6) is 1.64. The molecule has 0 saturated carbocycles. The smallest absolute Gasteiger partial charge is 0.122 e. The van der Waals surface area contributed by atoms with E-state index in [1.807, 2.05) is 18.3 Å². The molecular weight excluding hydrogens is 188 g/mol. The van der Waals surface area contributed by atoms with E-state index < -0.39 is 0 Å². The highest BCUT2D eigenvalue weighted by Crippen LogP contribution is 2.17. The molecule has 1 fully saturated rings. The topological polar surface area (TPSA) is 34.1 Å². The van der Waals surface area contributed by atoms with E-state index in [2.05, 4.69) is 10.3 Å². The van der Waals surface area contributed by atoms with Gasteiger partial charge in [0.05, 0.1) is 7.11 Å². The van der Waals surface area contributed by atoms with E-state index in [9.17, 15) is 0 Å². The monoisotopic (exact) mass is 206 g/mol. The van der Waals surface area contributed by atoms with Crippen LogP contribution in [0.15, 0.2) is 18.3 Å². The number of pyridine rings is 1. The van der Waals surface area contributed by atoms with Gasteiger partial charge in [-0.1, -0.05) is 0 Å². The van der Waals surface area contributed by atoms with Crippen molar-refractivity contribution in [3.05, 3.63) is 24.0 Å². The summed E-state index contributed by atoms with van der Waals surface area (Å²) in [6.07, 6.45) is 5.48. The normalized spacial score (nSPS) is 21.3. The van der Waals surface area contributed by atoms with Gasteiger partial charge in [0.25, 0.3) is 0 Å². The van der Waals surface area contributed by atoms with Crippen LogP contribution >= 0.6 is 0 Å². The van der Waals surface area contributed by atoms with Crippen molar-refractivity contribution >= 4 is 0 Å². The van der Waals surface area contributed by atoms with Gasteiger partial charge in [-0.15, -0.1) is 0 Å². The van der Waals surface area contributed by atoms with Crippen molar-refractivity contribution in [2.45, 2.75) is 19.3 Å². The maximum Gasteiger partial charge on any atom is 0.122 e. The second-order valence-corrected chi connectivity index (χ2v) is 4.10. The van der Waals surface area contributed by atoms with Gasteiger partial charge < -0.3 is 10.1 Å². The van der Waals surface area contributed by atoms with Crippen molar-refractivity contribution in [2.24, 2.45) is 5.92 Å². The van der Waals surface area contributed by atoms with E-state index in [0.717, 1.165) is 30.3 Å². The highest BCUT2D eigenvalue weighted by molar-refractivity contribution is 5.22. The summed E-state index contributed by atoms with van der Waals surface area (Å²) >= 11 is 0. The summed E-state index contributed by atoms with van der Waals surface area (Å²) in [7, 11) is 1.70. The zero-order valence-electron chi connectivity index (χ0n) is 9.20. The van der Waals surface area contributed by atoms with Crippen LogP contribution in [0.5, 0.6) is 5.75 Å². The number of hydrogen-bond acceptors (Lipinski definition) is 3. The Hall–Kier alpha value is -1.09. The van der Waals surface area contributed by atoms with Crippen LogP contribution in [0.2, 0.25) is 0 Å². The minimum Gasteiger partial charge on any atom is -0.497 e. The summed E-state index contributed by atoms with van der Waals surface area (Å²) in [5, 5.41) is 3.42.